The summed E-state index contributed by atoms with van der Waals surface area (Å²) in [6.45, 7) is 1.15. The quantitative estimate of drug-likeness (QED) is 0.850. The fraction of sp³-hybridized carbons (Fsp3) is 0.368. The zero-order chi connectivity index (χ0) is 15.5. The van der Waals surface area contributed by atoms with Crippen LogP contribution in [0.25, 0.3) is 0 Å². The molecule has 0 aromatic heterocycles. The van der Waals surface area contributed by atoms with E-state index in [0.717, 1.165) is 17.7 Å². The molecule has 2 aromatic rings. The van der Waals surface area contributed by atoms with Gasteiger partial charge in [0.2, 0.25) is 0 Å². The third-order valence-electron chi connectivity index (χ3n) is 4.25. The van der Waals surface area contributed by atoms with Gasteiger partial charge < -0.3 is 18.9 Å². The first-order valence-corrected chi connectivity index (χ1v) is 8.03. The largest absolute Gasteiger partial charge is 0.485 e. The molecule has 2 aliphatic heterocycles. The molecule has 2 aliphatic rings. The van der Waals surface area contributed by atoms with Crippen LogP contribution in [-0.2, 0) is 20.8 Å². The predicted molar refractivity (Wildman–Crippen MR) is 85.1 cm³/mol. The van der Waals surface area contributed by atoms with Crippen LogP contribution < -0.4 is 4.74 Å². The molecule has 0 spiro atoms. The second kappa shape index (κ2) is 6.71. The van der Waals surface area contributed by atoms with Crippen LogP contribution in [0.4, 0.5) is 0 Å². The van der Waals surface area contributed by atoms with E-state index in [1.54, 1.807) is 0 Å². The molecule has 0 saturated carbocycles. The number of ether oxygens (including phenoxy) is 4. The van der Waals surface area contributed by atoms with E-state index in [4.69, 9.17) is 18.9 Å². The van der Waals surface area contributed by atoms with E-state index in [9.17, 15) is 0 Å². The highest BCUT2D eigenvalue weighted by Gasteiger charge is 2.45. The third-order valence-corrected chi connectivity index (χ3v) is 4.25. The van der Waals surface area contributed by atoms with E-state index in [2.05, 4.69) is 12.1 Å². The van der Waals surface area contributed by atoms with Gasteiger partial charge in [0.1, 0.15) is 11.9 Å². The summed E-state index contributed by atoms with van der Waals surface area (Å²) < 4.78 is 23.7. The lowest BCUT2D eigenvalue weighted by atomic mass is 10.0. The number of hydrogen-bond donors (Lipinski definition) is 0. The summed E-state index contributed by atoms with van der Waals surface area (Å²) in [5.41, 5.74) is 1.16. The summed E-state index contributed by atoms with van der Waals surface area (Å²) in [5.74, 6) is 0.830. The van der Waals surface area contributed by atoms with Gasteiger partial charge in [-0.2, -0.15) is 0 Å². The van der Waals surface area contributed by atoms with Crippen LogP contribution in [-0.4, -0.2) is 31.2 Å². The SMILES string of the molecule is c1ccc(CO[C@H]2C[C@@H](Oc3ccccc3)[C@@H]3OC[C@H]2O3)cc1. The highest BCUT2D eigenvalue weighted by atomic mass is 16.8. The molecule has 4 atom stereocenters. The van der Waals surface area contributed by atoms with E-state index in [-0.39, 0.29) is 24.6 Å². The molecule has 2 saturated heterocycles. The number of fused-ring (bicyclic) bond motifs is 2. The van der Waals surface area contributed by atoms with E-state index < -0.39 is 0 Å². The summed E-state index contributed by atoms with van der Waals surface area (Å²) in [4.78, 5) is 0. The van der Waals surface area contributed by atoms with E-state index >= 15 is 0 Å². The predicted octanol–water partition coefficient (Wildman–Crippen LogP) is 3.16. The molecule has 0 aliphatic carbocycles. The molecular formula is C19H20O4. The molecule has 0 radical (unpaired) electrons. The summed E-state index contributed by atoms with van der Waals surface area (Å²) in [6, 6.07) is 20.0. The lowest BCUT2D eigenvalue weighted by Gasteiger charge is -2.33. The fourth-order valence-corrected chi connectivity index (χ4v) is 3.05. The summed E-state index contributed by atoms with van der Waals surface area (Å²) in [5, 5.41) is 0. The first-order chi connectivity index (χ1) is 11.4. The normalized spacial score (nSPS) is 29.4. The lowest BCUT2D eigenvalue weighted by Crippen LogP contribution is -2.45. The first-order valence-electron chi connectivity index (χ1n) is 8.03. The van der Waals surface area contributed by atoms with Crippen molar-refractivity contribution in [2.24, 2.45) is 0 Å². The maximum Gasteiger partial charge on any atom is 0.195 e. The maximum atomic E-state index is 6.08. The molecule has 0 amide bonds. The third kappa shape index (κ3) is 3.39. The van der Waals surface area contributed by atoms with Crippen molar-refractivity contribution in [3.63, 3.8) is 0 Å². The van der Waals surface area contributed by atoms with E-state index in [1.807, 2.05) is 48.5 Å². The van der Waals surface area contributed by atoms with Crippen molar-refractivity contribution < 1.29 is 18.9 Å². The minimum absolute atomic E-state index is 0.000615. The standard InChI is InChI=1S/C19H20O4/c1-3-7-14(8-4-1)12-20-16-11-17(19-21-13-18(16)23-19)22-15-9-5-2-6-10-15/h1-10,16-19H,11-13H2/t16-,17+,18+,19+/m0/s1. The van der Waals surface area contributed by atoms with Crippen LogP contribution in [0, 0.1) is 0 Å². The Morgan fingerprint density at radius 2 is 1.65 bits per heavy atom. The molecular weight excluding hydrogens is 292 g/mol. The average molecular weight is 312 g/mol. The van der Waals surface area contributed by atoms with Crippen LogP contribution in [0.3, 0.4) is 0 Å². The Bertz CT molecular complexity index is 616. The van der Waals surface area contributed by atoms with Crippen molar-refractivity contribution in [2.75, 3.05) is 6.61 Å². The number of para-hydroxylation sites is 1. The van der Waals surface area contributed by atoms with Gasteiger partial charge in [-0.05, 0) is 17.7 Å². The van der Waals surface area contributed by atoms with Crippen molar-refractivity contribution >= 4 is 0 Å². The zero-order valence-electron chi connectivity index (χ0n) is 12.8. The van der Waals surface area contributed by atoms with Gasteiger partial charge in [0.15, 0.2) is 12.4 Å². The Morgan fingerprint density at radius 1 is 0.913 bits per heavy atom. The second-order valence-corrected chi connectivity index (χ2v) is 5.92. The van der Waals surface area contributed by atoms with Crippen molar-refractivity contribution in [2.45, 2.75) is 37.6 Å². The highest BCUT2D eigenvalue weighted by Crippen LogP contribution is 2.32. The topological polar surface area (TPSA) is 36.9 Å². The molecule has 2 fully saturated rings. The molecule has 2 bridgehead atoms. The second-order valence-electron chi connectivity index (χ2n) is 5.92. The van der Waals surface area contributed by atoms with Gasteiger partial charge in [-0.1, -0.05) is 48.5 Å². The highest BCUT2D eigenvalue weighted by molar-refractivity contribution is 5.21. The molecule has 0 unspecified atom stereocenters. The van der Waals surface area contributed by atoms with Crippen molar-refractivity contribution in [3.8, 4) is 5.75 Å². The smallest absolute Gasteiger partial charge is 0.195 e. The molecule has 4 heteroatoms. The van der Waals surface area contributed by atoms with Crippen molar-refractivity contribution in [1.29, 1.82) is 0 Å². The summed E-state index contributed by atoms with van der Waals surface area (Å²) >= 11 is 0. The van der Waals surface area contributed by atoms with Gasteiger partial charge in [-0.15, -0.1) is 0 Å². The minimum atomic E-state index is -0.295. The molecule has 2 heterocycles. The Hall–Kier alpha value is -1.88. The lowest BCUT2D eigenvalue weighted by molar-refractivity contribution is -0.185. The van der Waals surface area contributed by atoms with E-state index in [1.165, 1.54) is 0 Å². The van der Waals surface area contributed by atoms with Crippen LogP contribution >= 0.6 is 0 Å². The minimum Gasteiger partial charge on any atom is -0.485 e. The van der Waals surface area contributed by atoms with Crippen molar-refractivity contribution in [3.05, 3.63) is 66.2 Å². The summed E-state index contributed by atoms with van der Waals surface area (Å²) in [6.07, 6.45) is 0.326. The van der Waals surface area contributed by atoms with Crippen LogP contribution in [0.5, 0.6) is 5.75 Å². The van der Waals surface area contributed by atoms with Gasteiger partial charge in [0.05, 0.1) is 19.3 Å². The number of benzene rings is 2. The Kier molecular flexibility index (Phi) is 4.28. The molecule has 4 nitrogen and oxygen atoms in total. The van der Waals surface area contributed by atoms with Gasteiger partial charge in [-0.25, -0.2) is 0 Å². The first kappa shape index (κ1) is 14.7. The molecule has 120 valence electrons. The maximum absolute atomic E-state index is 6.08. The van der Waals surface area contributed by atoms with E-state index in [0.29, 0.717) is 13.2 Å². The molecule has 4 rings (SSSR count). The van der Waals surface area contributed by atoms with Gasteiger partial charge in [0, 0.05) is 6.42 Å². The van der Waals surface area contributed by atoms with Gasteiger partial charge >= 0.3 is 0 Å². The average Bonchev–Trinajstić information content (AvgIpc) is 3.03. The fourth-order valence-electron chi connectivity index (χ4n) is 3.05. The zero-order valence-corrected chi connectivity index (χ0v) is 12.8. The monoisotopic (exact) mass is 312 g/mol. The van der Waals surface area contributed by atoms with Crippen LogP contribution in [0.15, 0.2) is 60.7 Å². The van der Waals surface area contributed by atoms with Gasteiger partial charge in [-0.3, -0.25) is 0 Å². The Labute approximate surface area is 135 Å². The van der Waals surface area contributed by atoms with Crippen molar-refractivity contribution in [1.82, 2.24) is 0 Å². The number of hydrogen-bond acceptors (Lipinski definition) is 4. The van der Waals surface area contributed by atoms with Crippen LogP contribution in [0.2, 0.25) is 0 Å². The Morgan fingerprint density at radius 3 is 2.43 bits per heavy atom. The number of rotatable bonds is 5. The molecule has 23 heavy (non-hydrogen) atoms. The molecule has 2 aromatic carbocycles. The van der Waals surface area contributed by atoms with Crippen LogP contribution in [0.1, 0.15) is 12.0 Å². The Balaban J connectivity index is 1.40. The summed E-state index contributed by atoms with van der Waals surface area (Å²) in [7, 11) is 0. The van der Waals surface area contributed by atoms with Gasteiger partial charge in [0.25, 0.3) is 0 Å². The molecule has 0 N–H and O–H groups in total.